The number of likely N-dealkylation sites (tertiary alicyclic amines) is 2. The van der Waals surface area contributed by atoms with Crippen LogP contribution in [0.3, 0.4) is 0 Å². The third kappa shape index (κ3) is 14.2. The molecule has 11 rings (SSSR count). The van der Waals surface area contributed by atoms with Crippen molar-refractivity contribution in [1.82, 2.24) is 45.5 Å². The van der Waals surface area contributed by atoms with Gasteiger partial charge in [0.2, 0.25) is 17.7 Å². The van der Waals surface area contributed by atoms with Gasteiger partial charge in [-0.25, -0.2) is 8.78 Å². The van der Waals surface area contributed by atoms with Crippen molar-refractivity contribution in [2.45, 2.75) is 128 Å². The number of nitrogens with zero attached hydrogens (tertiary/aromatic N) is 6. The number of hydrogen-bond donors (Lipinski definition) is 6. The third-order valence-corrected chi connectivity index (χ3v) is 20.2. The normalized spacial score (nSPS) is 25.3. The van der Waals surface area contributed by atoms with E-state index in [2.05, 4.69) is 59.4 Å². The minimum absolute atomic E-state index is 0.00514. The molecule has 0 radical (unpaired) electrons. The van der Waals surface area contributed by atoms with Gasteiger partial charge in [-0.05, 0) is 138 Å². The van der Waals surface area contributed by atoms with Gasteiger partial charge in [0.15, 0.2) is 0 Å². The molecule has 4 amide bonds. The van der Waals surface area contributed by atoms with Crippen LogP contribution in [-0.2, 0) is 42.8 Å². The molecular formula is C68H90F2N12O6. The maximum atomic E-state index is 14.4. The van der Waals surface area contributed by atoms with Gasteiger partial charge < -0.3 is 51.3 Å². The highest BCUT2D eigenvalue weighted by Gasteiger charge is 2.44. The first-order chi connectivity index (χ1) is 42.0. The number of allylic oxidation sites excluding steroid dienone is 1. The maximum Gasteiger partial charge on any atom is 0.251 e. The lowest BCUT2D eigenvalue weighted by molar-refractivity contribution is -0.126. The van der Waals surface area contributed by atoms with Crippen molar-refractivity contribution in [1.29, 1.82) is 0 Å². The highest BCUT2D eigenvalue weighted by molar-refractivity contribution is 5.99. The van der Waals surface area contributed by atoms with Gasteiger partial charge in [-0.2, -0.15) is 0 Å². The second-order valence-corrected chi connectivity index (χ2v) is 28.0. The van der Waals surface area contributed by atoms with Crippen LogP contribution in [0.4, 0.5) is 20.2 Å². The molecule has 4 aromatic rings. The second-order valence-electron chi connectivity index (χ2n) is 28.0. The highest BCUT2D eigenvalue weighted by atomic mass is 19.1. The molecule has 1 aliphatic carbocycles. The first-order valence-corrected chi connectivity index (χ1v) is 32.0. The second kappa shape index (κ2) is 26.0. The Morgan fingerprint density at radius 3 is 1.51 bits per heavy atom. The van der Waals surface area contributed by atoms with E-state index in [1.807, 2.05) is 61.8 Å². The van der Waals surface area contributed by atoms with Gasteiger partial charge in [-0.3, -0.25) is 38.6 Å². The summed E-state index contributed by atoms with van der Waals surface area (Å²) in [5.74, 6) is -0.617. The van der Waals surface area contributed by atoms with Crippen molar-refractivity contribution in [3.63, 3.8) is 0 Å². The monoisotopic (exact) mass is 1210 g/mol. The number of benzene rings is 2. The molecule has 0 bridgehead atoms. The van der Waals surface area contributed by atoms with E-state index in [1.165, 1.54) is 24.3 Å². The van der Waals surface area contributed by atoms with Crippen LogP contribution in [0.15, 0.2) is 94.1 Å². The number of nitrogens with one attached hydrogen (secondary N) is 5. The number of halogens is 2. The zero-order valence-electron chi connectivity index (χ0n) is 52.2. The Labute approximate surface area is 515 Å². The number of pyridine rings is 2. The lowest BCUT2D eigenvalue weighted by atomic mass is 9.71. The topological polar surface area (TPSA) is 216 Å². The Kier molecular flexibility index (Phi) is 18.6. The fourth-order valence-electron chi connectivity index (χ4n) is 14.9. The van der Waals surface area contributed by atoms with Crippen molar-refractivity contribution in [2.24, 2.45) is 23.0 Å². The molecule has 4 fully saturated rings. The highest BCUT2D eigenvalue weighted by Crippen LogP contribution is 2.42. The molecule has 7 aliphatic rings. The molecule has 20 heteroatoms. The molecule has 472 valence electrons. The Hall–Kier alpha value is -6.68. The van der Waals surface area contributed by atoms with Crippen molar-refractivity contribution >= 4 is 35.0 Å². The lowest BCUT2D eigenvalue weighted by Gasteiger charge is -2.43. The summed E-state index contributed by atoms with van der Waals surface area (Å²) in [6.45, 7) is 22.5. The summed E-state index contributed by atoms with van der Waals surface area (Å²) in [6, 6.07) is 16.6. The van der Waals surface area contributed by atoms with Crippen LogP contribution in [0.2, 0.25) is 0 Å². The van der Waals surface area contributed by atoms with Crippen molar-refractivity contribution in [3.8, 4) is 0 Å². The molecule has 2 aromatic carbocycles. The number of aromatic nitrogens is 2. The molecule has 7 N–H and O–H groups in total. The number of hydrogen-bond acceptors (Lipinski definition) is 12. The summed E-state index contributed by atoms with van der Waals surface area (Å²) < 4.78 is 27.3. The molecule has 1 unspecified atom stereocenters. The summed E-state index contributed by atoms with van der Waals surface area (Å²) >= 11 is 0. The fourth-order valence-corrected chi connectivity index (χ4v) is 14.9. The Bertz CT molecular complexity index is 3420. The van der Waals surface area contributed by atoms with Gasteiger partial charge in [0.25, 0.3) is 17.0 Å². The summed E-state index contributed by atoms with van der Waals surface area (Å²) in [5.41, 5.74) is 10.2. The standard InChI is InChI=1S/C68H90F2N12O6/c1-43-35-79(39-58(83)81-41-66(3,4)60-56(81)29-50(63(86)75-60)27-45-7-11-52(69)12-8-45)54(33-72-43)37-77-23-17-47(18-24-77)31-68(65(71)88)21-15-49(16-22-68)62(85)74-32-48-19-25-78(26-20-48)38-55-34-73-44(2)36-80(55)40-59(84)82-42-67(5,6)61-57(82)30-51(64(87)76-61)28-46-9-13-53(70)14-10-46/h7-16,21,29-30,43-44,47-48,54-55,72-73H,17-20,22-28,31-42H2,1-6H3,(H2,71,88)(H,74,85)(H,75,86)(H,76,87)/t43-,44-,54-,55-,68?/m1/s1. The number of piperidine rings is 2. The predicted octanol–water partition coefficient (Wildman–Crippen LogP) is 5.08. The fraction of sp³-hybridized carbons (Fsp3) is 0.559. The van der Waals surface area contributed by atoms with Gasteiger partial charge in [-0.1, -0.05) is 70.2 Å². The van der Waals surface area contributed by atoms with E-state index in [1.54, 1.807) is 30.3 Å². The van der Waals surface area contributed by atoms with Crippen molar-refractivity contribution in [3.05, 3.63) is 150 Å². The molecule has 18 nitrogen and oxygen atoms in total. The lowest BCUT2D eigenvalue weighted by Crippen LogP contribution is -2.61. The number of anilines is 2. The number of primary amides is 1. The number of rotatable bonds is 18. The number of carbonyl (C=O) groups excluding carboxylic acids is 4. The molecule has 6 aliphatic heterocycles. The summed E-state index contributed by atoms with van der Waals surface area (Å²) in [4.78, 5) is 102. The minimum atomic E-state index is -0.870. The smallest absolute Gasteiger partial charge is 0.251 e. The van der Waals surface area contributed by atoms with Gasteiger partial charge in [0, 0.05) is 135 Å². The molecule has 88 heavy (non-hydrogen) atoms. The number of H-pyrrole nitrogens is 2. The number of carbonyl (C=O) groups is 4. The number of fused-ring (bicyclic) bond motifs is 2. The number of piperazine rings is 2. The van der Waals surface area contributed by atoms with Gasteiger partial charge in [0.05, 0.1) is 29.9 Å². The van der Waals surface area contributed by atoms with Crippen molar-refractivity contribution in [2.75, 3.05) is 108 Å². The predicted molar refractivity (Wildman–Crippen MR) is 338 cm³/mol. The zero-order chi connectivity index (χ0) is 62.2. The van der Waals surface area contributed by atoms with Crippen LogP contribution >= 0.6 is 0 Å². The van der Waals surface area contributed by atoms with Crippen LogP contribution in [0.25, 0.3) is 0 Å². The molecule has 0 saturated carbocycles. The largest absolute Gasteiger partial charge is 0.369 e. The molecule has 5 atom stereocenters. The average molecular weight is 1210 g/mol. The number of aromatic amines is 2. The average Bonchev–Trinajstić information content (AvgIpc) is 1.78. The van der Waals surface area contributed by atoms with E-state index >= 15 is 0 Å². The van der Waals surface area contributed by atoms with Gasteiger partial charge >= 0.3 is 0 Å². The number of nitrogens with two attached hydrogens (primary N) is 1. The third-order valence-electron chi connectivity index (χ3n) is 20.2. The van der Waals surface area contributed by atoms with E-state index in [9.17, 15) is 37.5 Å². The first kappa shape index (κ1) is 62.9. The molecular weight excluding hydrogens is 1120 g/mol. The van der Waals surface area contributed by atoms with Crippen molar-refractivity contribution < 1.29 is 28.0 Å². The SMILES string of the molecule is C[C@@H]1CN(CC(=O)N2CC(C)(C)c3[nH]c(=O)c(Cc4ccc(F)cc4)cc32)[C@@H](CN2CCC(CNC(=O)C3=CCC(CC4CCN(C[C@H]5CN[C@H](C)CN5CC(=O)N5CC(C)(C)c6[nH]c(=O)c(Cc7ccc(F)cc7)cc65)CC4)(C(N)=O)C=C3)CC2)CN1. The summed E-state index contributed by atoms with van der Waals surface area (Å²) in [5, 5.41) is 10.5. The first-order valence-electron chi connectivity index (χ1n) is 32.0. The van der Waals surface area contributed by atoms with E-state index < -0.39 is 16.2 Å². The Morgan fingerprint density at radius 1 is 0.648 bits per heavy atom. The van der Waals surface area contributed by atoms with E-state index in [0.717, 1.165) is 125 Å². The van der Waals surface area contributed by atoms with Gasteiger partial charge in [0.1, 0.15) is 11.6 Å². The Morgan fingerprint density at radius 2 is 1.09 bits per heavy atom. The molecule has 2 aromatic heterocycles. The molecule has 0 spiro atoms. The van der Waals surface area contributed by atoms with Crippen LogP contribution in [0.1, 0.15) is 114 Å². The zero-order valence-corrected chi connectivity index (χ0v) is 52.2. The van der Waals surface area contributed by atoms with E-state index in [4.69, 9.17) is 5.73 Å². The minimum Gasteiger partial charge on any atom is -0.369 e. The summed E-state index contributed by atoms with van der Waals surface area (Å²) in [6.07, 6.45) is 10.9. The van der Waals surface area contributed by atoms with Crippen LogP contribution in [-0.4, -0.2) is 176 Å². The van der Waals surface area contributed by atoms with E-state index in [0.29, 0.717) is 67.9 Å². The Balaban J connectivity index is 0.624. The number of amides is 4. The van der Waals surface area contributed by atoms with Crippen LogP contribution < -0.4 is 42.6 Å². The molecule has 4 saturated heterocycles. The van der Waals surface area contributed by atoms with E-state index in [-0.39, 0.29) is 89.6 Å². The van der Waals surface area contributed by atoms with Crippen LogP contribution in [0, 0.1) is 28.9 Å². The summed E-state index contributed by atoms with van der Waals surface area (Å²) in [7, 11) is 0. The van der Waals surface area contributed by atoms with Crippen LogP contribution in [0.5, 0.6) is 0 Å². The molecule has 8 heterocycles. The van der Waals surface area contributed by atoms with Gasteiger partial charge in [-0.15, -0.1) is 0 Å². The maximum absolute atomic E-state index is 14.4. The quantitative estimate of drug-likeness (QED) is 0.0770.